The molecule has 2 amide bonds. The van der Waals surface area contributed by atoms with Gasteiger partial charge in [-0.3, -0.25) is 14.9 Å². The van der Waals surface area contributed by atoms with Gasteiger partial charge < -0.3 is 5.32 Å². The molecule has 7 nitrogen and oxygen atoms in total. The number of nitrogens with one attached hydrogen (secondary N) is 2. The molecule has 4 aromatic rings. The van der Waals surface area contributed by atoms with Gasteiger partial charge in [-0.05, 0) is 48.9 Å². The Bertz CT molecular complexity index is 1220. The van der Waals surface area contributed by atoms with Crippen molar-refractivity contribution >= 4 is 45.6 Å². The molecule has 0 saturated carbocycles. The number of amides is 2. The third kappa shape index (κ3) is 4.65. The number of rotatable bonds is 6. The molecule has 0 fully saturated rings. The summed E-state index contributed by atoms with van der Waals surface area (Å²) in [6.45, 7) is 1.96. The predicted molar refractivity (Wildman–Crippen MR) is 122 cm³/mol. The van der Waals surface area contributed by atoms with Crippen molar-refractivity contribution in [1.29, 1.82) is 0 Å². The monoisotopic (exact) mass is 451 g/mol. The topological polar surface area (TPSA) is 88.9 Å². The lowest BCUT2D eigenvalue weighted by molar-refractivity contribution is 0.101. The summed E-state index contributed by atoms with van der Waals surface area (Å²) in [6.07, 6.45) is 3.79. The maximum absolute atomic E-state index is 12.9. The molecule has 31 heavy (non-hydrogen) atoms. The molecule has 0 unspecified atom stereocenters. The Morgan fingerprint density at radius 1 is 1.10 bits per heavy atom. The third-order valence-corrected chi connectivity index (χ3v) is 5.48. The van der Waals surface area contributed by atoms with E-state index in [0.717, 1.165) is 11.4 Å². The van der Waals surface area contributed by atoms with Gasteiger partial charge in [0.25, 0.3) is 11.8 Å². The first kappa shape index (κ1) is 20.8. The lowest BCUT2D eigenvalue weighted by atomic mass is 10.1. The molecule has 156 valence electrons. The van der Waals surface area contributed by atoms with Gasteiger partial charge >= 0.3 is 0 Å². The van der Waals surface area contributed by atoms with E-state index in [0.29, 0.717) is 33.4 Å². The summed E-state index contributed by atoms with van der Waals surface area (Å²) in [6, 6.07) is 14.0. The van der Waals surface area contributed by atoms with Gasteiger partial charge in [0.2, 0.25) is 0 Å². The van der Waals surface area contributed by atoms with Gasteiger partial charge in [0, 0.05) is 27.9 Å². The molecular weight excluding hydrogens is 434 g/mol. The van der Waals surface area contributed by atoms with Crippen LogP contribution in [0, 0.1) is 0 Å². The van der Waals surface area contributed by atoms with Crippen molar-refractivity contribution in [2.75, 3.05) is 10.6 Å². The number of thiazole rings is 1. The number of aromatic nitrogens is 3. The fraction of sp³-hybridized carbons (Fsp3) is 0.0909. The number of carbonyl (C=O) groups excluding carboxylic acids is 2. The predicted octanol–water partition coefficient (Wildman–Crippen LogP) is 5.05. The van der Waals surface area contributed by atoms with Crippen LogP contribution in [0.5, 0.6) is 0 Å². The van der Waals surface area contributed by atoms with Crippen LogP contribution in [-0.2, 0) is 6.42 Å². The van der Waals surface area contributed by atoms with Crippen LogP contribution in [0.25, 0.3) is 5.69 Å². The maximum atomic E-state index is 12.9. The van der Waals surface area contributed by atoms with Crippen LogP contribution in [0.4, 0.5) is 10.8 Å². The molecule has 0 aliphatic heterocycles. The second-order valence-corrected chi connectivity index (χ2v) is 7.90. The van der Waals surface area contributed by atoms with Crippen molar-refractivity contribution in [1.82, 2.24) is 14.8 Å². The molecule has 0 saturated heterocycles. The van der Waals surface area contributed by atoms with E-state index < -0.39 is 0 Å². The fourth-order valence-corrected chi connectivity index (χ4v) is 3.80. The van der Waals surface area contributed by atoms with Crippen molar-refractivity contribution in [3.05, 3.63) is 88.1 Å². The molecule has 2 aromatic carbocycles. The molecule has 2 N–H and O–H groups in total. The summed E-state index contributed by atoms with van der Waals surface area (Å²) < 4.78 is 1.72. The summed E-state index contributed by atoms with van der Waals surface area (Å²) >= 11 is 7.43. The number of hydrogen-bond donors (Lipinski definition) is 2. The quantitative estimate of drug-likeness (QED) is 0.429. The van der Waals surface area contributed by atoms with E-state index in [1.807, 2.05) is 19.1 Å². The molecular formula is C22H18ClN5O2S. The molecule has 0 aliphatic rings. The summed E-state index contributed by atoms with van der Waals surface area (Å²) in [5.74, 6) is -0.533. The molecule has 2 heterocycles. The van der Waals surface area contributed by atoms with Gasteiger partial charge in [0.1, 0.15) is 0 Å². The standard InChI is InChI=1S/C22H18ClN5O2S/c1-2-19-18(13-25-28(19)17-5-3-4-15(23)12-17)21(30)26-16-8-6-14(7-9-16)20(29)27-22-24-10-11-31-22/h3-13H,2H2,1H3,(H,26,30)(H,24,27,29). The van der Waals surface area contributed by atoms with E-state index >= 15 is 0 Å². The summed E-state index contributed by atoms with van der Waals surface area (Å²) in [4.78, 5) is 29.2. The van der Waals surface area contributed by atoms with Crippen molar-refractivity contribution in [3.63, 3.8) is 0 Å². The van der Waals surface area contributed by atoms with Crippen LogP contribution in [0.2, 0.25) is 5.02 Å². The lowest BCUT2D eigenvalue weighted by Gasteiger charge is -2.09. The summed E-state index contributed by atoms with van der Waals surface area (Å²) in [7, 11) is 0. The van der Waals surface area contributed by atoms with Gasteiger partial charge in [0.05, 0.1) is 23.1 Å². The average Bonchev–Trinajstić information content (AvgIpc) is 3.43. The van der Waals surface area contributed by atoms with Gasteiger partial charge in [-0.15, -0.1) is 11.3 Å². The Morgan fingerprint density at radius 2 is 1.90 bits per heavy atom. The first-order chi connectivity index (χ1) is 15.0. The molecule has 4 rings (SSSR count). The zero-order chi connectivity index (χ0) is 21.8. The van der Waals surface area contributed by atoms with Crippen LogP contribution in [0.3, 0.4) is 0 Å². The minimum absolute atomic E-state index is 0.260. The maximum Gasteiger partial charge on any atom is 0.259 e. The molecule has 2 aromatic heterocycles. The van der Waals surface area contributed by atoms with E-state index in [-0.39, 0.29) is 11.8 Å². The highest BCUT2D eigenvalue weighted by Gasteiger charge is 2.18. The molecule has 0 atom stereocenters. The van der Waals surface area contributed by atoms with Crippen LogP contribution < -0.4 is 10.6 Å². The van der Waals surface area contributed by atoms with Crippen molar-refractivity contribution in [2.24, 2.45) is 0 Å². The van der Waals surface area contributed by atoms with Gasteiger partial charge in [-0.2, -0.15) is 5.10 Å². The Kier molecular flexibility index (Phi) is 6.11. The summed E-state index contributed by atoms with van der Waals surface area (Å²) in [5.41, 5.74) is 3.09. The van der Waals surface area contributed by atoms with E-state index in [1.54, 1.807) is 58.9 Å². The zero-order valence-corrected chi connectivity index (χ0v) is 18.1. The van der Waals surface area contributed by atoms with Crippen LogP contribution >= 0.6 is 22.9 Å². The van der Waals surface area contributed by atoms with Crippen molar-refractivity contribution in [2.45, 2.75) is 13.3 Å². The second kappa shape index (κ2) is 9.11. The largest absolute Gasteiger partial charge is 0.322 e. The minimum Gasteiger partial charge on any atom is -0.322 e. The third-order valence-electron chi connectivity index (χ3n) is 4.56. The lowest BCUT2D eigenvalue weighted by Crippen LogP contribution is -2.15. The van der Waals surface area contributed by atoms with Gasteiger partial charge in [-0.1, -0.05) is 24.6 Å². The van der Waals surface area contributed by atoms with Gasteiger partial charge in [-0.25, -0.2) is 9.67 Å². The highest BCUT2D eigenvalue weighted by atomic mass is 35.5. The van der Waals surface area contributed by atoms with Crippen molar-refractivity contribution < 1.29 is 9.59 Å². The molecule has 0 bridgehead atoms. The SMILES string of the molecule is CCc1c(C(=O)Nc2ccc(C(=O)Nc3nccs3)cc2)cnn1-c1cccc(Cl)c1. The zero-order valence-electron chi connectivity index (χ0n) is 16.5. The Labute approximate surface area is 187 Å². The number of nitrogens with zero attached hydrogens (tertiary/aromatic N) is 3. The van der Waals surface area contributed by atoms with E-state index in [2.05, 4.69) is 20.7 Å². The number of carbonyl (C=O) groups is 2. The minimum atomic E-state index is -0.273. The Hall–Kier alpha value is -3.49. The van der Waals surface area contributed by atoms with Crippen LogP contribution in [0.1, 0.15) is 33.3 Å². The molecule has 9 heteroatoms. The number of benzene rings is 2. The number of anilines is 2. The number of hydrogen-bond acceptors (Lipinski definition) is 5. The summed E-state index contributed by atoms with van der Waals surface area (Å²) in [5, 5.41) is 12.9. The highest BCUT2D eigenvalue weighted by Crippen LogP contribution is 2.21. The normalized spacial score (nSPS) is 10.6. The molecule has 0 spiro atoms. The van der Waals surface area contributed by atoms with Gasteiger partial charge in [0.15, 0.2) is 5.13 Å². The first-order valence-corrected chi connectivity index (χ1v) is 10.8. The first-order valence-electron chi connectivity index (χ1n) is 9.50. The Morgan fingerprint density at radius 3 is 2.58 bits per heavy atom. The van der Waals surface area contributed by atoms with E-state index in [4.69, 9.17) is 11.6 Å². The number of halogens is 1. The fourth-order valence-electron chi connectivity index (χ4n) is 3.09. The van der Waals surface area contributed by atoms with Crippen LogP contribution in [0.15, 0.2) is 66.3 Å². The Balaban J connectivity index is 1.49. The van der Waals surface area contributed by atoms with Crippen LogP contribution in [-0.4, -0.2) is 26.6 Å². The smallest absolute Gasteiger partial charge is 0.259 e. The average molecular weight is 452 g/mol. The van der Waals surface area contributed by atoms with E-state index in [1.165, 1.54) is 11.3 Å². The molecule has 0 aliphatic carbocycles. The molecule has 0 radical (unpaired) electrons. The second-order valence-electron chi connectivity index (χ2n) is 6.57. The van der Waals surface area contributed by atoms with E-state index in [9.17, 15) is 9.59 Å². The van der Waals surface area contributed by atoms with Crippen molar-refractivity contribution in [3.8, 4) is 5.69 Å². The highest BCUT2D eigenvalue weighted by molar-refractivity contribution is 7.13.